The molecule has 1 saturated heterocycles. The summed E-state index contributed by atoms with van der Waals surface area (Å²) in [6.07, 6.45) is 1.06. The molecule has 6 nitrogen and oxygen atoms in total. The van der Waals surface area contributed by atoms with Gasteiger partial charge in [0.25, 0.3) is 0 Å². The molecule has 1 N–H and O–H groups in total. The van der Waals surface area contributed by atoms with Crippen LogP contribution in [-0.2, 0) is 20.8 Å². The van der Waals surface area contributed by atoms with Crippen LogP contribution in [0.25, 0.3) is 0 Å². The summed E-state index contributed by atoms with van der Waals surface area (Å²) >= 11 is 3.39. The number of halogens is 1. The Hall–Kier alpha value is -0.470. The largest absolute Gasteiger partial charge is 0.387 e. The molecule has 102 valence electrons. The molecule has 1 atom stereocenters. The van der Waals surface area contributed by atoms with Crippen molar-refractivity contribution in [1.29, 1.82) is 0 Å². The van der Waals surface area contributed by atoms with E-state index in [1.165, 1.54) is 0 Å². The van der Waals surface area contributed by atoms with Crippen LogP contribution in [0.15, 0.2) is 10.7 Å². The lowest BCUT2D eigenvalue weighted by Gasteiger charge is -2.17. The van der Waals surface area contributed by atoms with Crippen LogP contribution in [0.1, 0.15) is 18.2 Å². The van der Waals surface area contributed by atoms with Gasteiger partial charge in [0.05, 0.1) is 42.7 Å². The summed E-state index contributed by atoms with van der Waals surface area (Å²) in [5.74, 6) is 0. The van der Waals surface area contributed by atoms with E-state index in [4.69, 9.17) is 14.2 Å². The molecule has 2 rings (SSSR count). The minimum Gasteiger partial charge on any atom is -0.387 e. The standard InChI is InChI=1S/C11H17BrN2O4/c1-16-3-2-14-11(8(12)7-13-14)9(15)6-10-17-4-5-18-10/h7,9-10,15H,2-6H2,1H3. The van der Waals surface area contributed by atoms with Crippen molar-refractivity contribution in [2.24, 2.45) is 0 Å². The number of methoxy groups -OCH3 is 1. The van der Waals surface area contributed by atoms with E-state index in [0.717, 1.165) is 10.2 Å². The number of aliphatic hydroxyl groups is 1. The van der Waals surface area contributed by atoms with Gasteiger partial charge >= 0.3 is 0 Å². The van der Waals surface area contributed by atoms with Crippen LogP contribution in [0.3, 0.4) is 0 Å². The average molecular weight is 321 g/mol. The van der Waals surface area contributed by atoms with E-state index in [0.29, 0.717) is 32.8 Å². The highest BCUT2D eigenvalue weighted by Gasteiger charge is 2.25. The van der Waals surface area contributed by atoms with E-state index in [9.17, 15) is 5.11 Å². The molecule has 1 unspecified atom stereocenters. The van der Waals surface area contributed by atoms with Gasteiger partial charge in [0.15, 0.2) is 6.29 Å². The minimum atomic E-state index is -0.679. The van der Waals surface area contributed by atoms with Gasteiger partial charge in [0.2, 0.25) is 0 Å². The molecule has 7 heteroatoms. The Morgan fingerprint density at radius 2 is 2.33 bits per heavy atom. The molecule has 0 aliphatic carbocycles. The van der Waals surface area contributed by atoms with Gasteiger partial charge in [-0.25, -0.2) is 0 Å². The van der Waals surface area contributed by atoms with Crippen molar-refractivity contribution in [2.75, 3.05) is 26.9 Å². The first-order valence-corrected chi connectivity index (χ1v) is 6.63. The van der Waals surface area contributed by atoms with E-state index >= 15 is 0 Å². The van der Waals surface area contributed by atoms with Crippen molar-refractivity contribution < 1.29 is 19.3 Å². The highest BCUT2D eigenvalue weighted by Crippen LogP contribution is 2.28. The Morgan fingerprint density at radius 1 is 1.61 bits per heavy atom. The summed E-state index contributed by atoms with van der Waals surface area (Å²) in [6, 6.07) is 0. The number of aliphatic hydroxyl groups excluding tert-OH is 1. The SMILES string of the molecule is COCCn1ncc(Br)c1C(O)CC1OCCO1. The molecule has 0 bridgehead atoms. The first-order chi connectivity index (χ1) is 8.72. The van der Waals surface area contributed by atoms with Crippen molar-refractivity contribution in [3.05, 3.63) is 16.4 Å². The maximum atomic E-state index is 10.2. The number of aromatic nitrogens is 2. The number of rotatable bonds is 6. The molecule has 0 aromatic carbocycles. The molecule has 2 heterocycles. The van der Waals surface area contributed by atoms with Gasteiger partial charge in [0, 0.05) is 13.5 Å². The first-order valence-electron chi connectivity index (χ1n) is 5.83. The number of nitrogens with zero attached hydrogens (tertiary/aromatic N) is 2. The summed E-state index contributed by atoms with van der Waals surface area (Å²) < 4.78 is 18.2. The summed E-state index contributed by atoms with van der Waals surface area (Å²) in [7, 11) is 1.63. The fourth-order valence-corrected chi connectivity index (χ4v) is 2.46. The molecule has 1 aliphatic heterocycles. The predicted octanol–water partition coefficient (Wildman–Crippen LogP) is 1.09. The zero-order valence-electron chi connectivity index (χ0n) is 10.2. The lowest BCUT2D eigenvalue weighted by Crippen LogP contribution is -2.18. The second-order valence-corrected chi connectivity index (χ2v) is 4.87. The van der Waals surface area contributed by atoms with Crippen LogP contribution in [0.2, 0.25) is 0 Å². The Balaban J connectivity index is 2.02. The summed E-state index contributed by atoms with van der Waals surface area (Å²) in [6.45, 7) is 2.31. The van der Waals surface area contributed by atoms with Crippen molar-refractivity contribution in [1.82, 2.24) is 9.78 Å². The van der Waals surface area contributed by atoms with Crippen molar-refractivity contribution >= 4 is 15.9 Å². The molecule has 0 amide bonds. The van der Waals surface area contributed by atoms with Crippen LogP contribution < -0.4 is 0 Å². The molecular weight excluding hydrogens is 304 g/mol. The van der Waals surface area contributed by atoms with Gasteiger partial charge in [0.1, 0.15) is 6.10 Å². The van der Waals surface area contributed by atoms with E-state index in [1.54, 1.807) is 18.0 Å². The highest BCUT2D eigenvalue weighted by atomic mass is 79.9. The monoisotopic (exact) mass is 320 g/mol. The number of hydrogen-bond acceptors (Lipinski definition) is 5. The van der Waals surface area contributed by atoms with Crippen molar-refractivity contribution in [3.8, 4) is 0 Å². The van der Waals surface area contributed by atoms with Gasteiger partial charge in [-0.2, -0.15) is 5.10 Å². The Kier molecular flexibility index (Phi) is 5.13. The predicted molar refractivity (Wildman–Crippen MR) is 67.1 cm³/mol. The normalized spacial score (nSPS) is 18.4. The summed E-state index contributed by atoms with van der Waals surface area (Å²) in [5, 5.41) is 14.4. The minimum absolute atomic E-state index is 0.335. The Bertz CT molecular complexity index is 379. The second-order valence-electron chi connectivity index (χ2n) is 4.02. The average Bonchev–Trinajstić information content (AvgIpc) is 2.96. The third-order valence-electron chi connectivity index (χ3n) is 2.76. The second kappa shape index (κ2) is 6.63. The van der Waals surface area contributed by atoms with E-state index in [2.05, 4.69) is 21.0 Å². The lowest BCUT2D eigenvalue weighted by molar-refractivity contribution is -0.0721. The smallest absolute Gasteiger partial charge is 0.160 e. The van der Waals surface area contributed by atoms with Gasteiger partial charge in [-0.3, -0.25) is 4.68 Å². The van der Waals surface area contributed by atoms with Gasteiger partial charge in [-0.15, -0.1) is 0 Å². The first kappa shape index (κ1) is 14.0. The van der Waals surface area contributed by atoms with Gasteiger partial charge in [-0.05, 0) is 15.9 Å². The molecule has 0 radical (unpaired) electrons. The van der Waals surface area contributed by atoms with E-state index in [1.807, 2.05) is 0 Å². The molecule has 1 aromatic heterocycles. The van der Waals surface area contributed by atoms with Gasteiger partial charge < -0.3 is 19.3 Å². The molecule has 0 spiro atoms. The quantitative estimate of drug-likeness (QED) is 0.850. The molecule has 18 heavy (non-hydrogen) atoms. The van der Waals surface area contributed by atoms with Crippen molar-refractivity contribution in [3.63, 3.8) is 0 Å². The molecule has 0 saturated carbocycles. The molecular formula is C11H17BrN2O4. The number of ether oxygens (including phenoxy) is 3. The van der Waals surface area contributed by atoms with Crippen LogP contribution in [0.4, 0.5) is 0 Å². The van der Waals surface area contributed by atoms with E-state index in [-0.39, 0.29) is 6.29 Å². The van der Waals surface area contributed by atoms with Gasteiger partial charge in [-0.1, -0.05) is 0 Å². The van der Waals surface area contributed by atoms with Crippen LogP contribution in [-0.4, -0.2) is 48.1 Å². The molecule has 1 fully saturated rings. The number of hydrogen-bond donors (Lipinski definition) is 1. The summed E-state index contributed by atoms with van der Waals surface area (Å²) in [5.41, 5.74) is 0.728. The topological polar surface area (TPSA) is 65.7 Å². The maximum Gasteiger partial charge on any atom is 0.160 e. The van der Waals surface area contributed by atoms with Crippen molar-refractivity contribution in [2.45, 2.75) is 25.4 Å². The maximum absolute atomic E-state index is 10.2. The van der Waals surface area contributed by atoms with Crippen LogP contribution >= 0.6 is 15.9 Å². The van der Waals surface area contributed by atoms with E-state index < -0.39 is 6.10 Å². The summed E-state index contributed by atoms with van der Waals surface area (Å²) in [4.78, 5) is 0. The Labute approximate surface area is 114 Å². The third-order valence-corrected chi connectivity index (χ3v) is 3.37. The van der Waals surface area contributed by atoms with Crippen LogP contribution in [0, 0.1) is 0 Å². The fraction of sp³-hybridized carbons (Fsp3) is 0.727. The van der Waals surface area contributed by atoms with Crippen LogP contribution in [0.5, 0.6) is 0 Å². The lowest BCUT2D eigenvalue weighted by atomic mass is 10.2. The highest BCUT2D eigenvalue weighted by molar-refractivity contribution is 9.10. The third kappa shape index (κ3) is 3.30. The molecule has 1 aromatic rings. The zero-order valence-corrected chi connectivity index (χ0v) is 11.8. The Morgan fingerprint density at radius 3 is 3.00 bits per heavy atom. The fourth-order valence-electron chi connectivity index (χ4n) is 1.90. The zero-order chi connectivity index (χ0) is 13.0. The molecule has 1 aliphatic rings.